The second kappa shape index (κ2) is 6.94. The van der Waals surface area contributed by atoms with Gasteiger partial charge in [0.05, 0.1) is 0 Å². The van der Waals surface area contributed by atoms with Crippen LogP contribution in [0.4, 0.5) is 0 Å². The Morgan fingerprint density at radius 2 is 2.00 bits per heavy atom. The van der Waals surface area contributed by atoms with Crippen molar-refractivity contribution >= 4 is 5.91 Å². The first-order valence-electron chi connectivity index (χ1n) is 6.14. The van der Waals surface area contributed by atoms with Gasteiger partial charge in [-0.2, -0.15) is 0 Å². The topological polar surface area (TPSA) is 38.3 Å². The summed E-state index contributed by atoms with van der Waals surface area (Å²) >= 11 is 0. The smallest absolute Gasteiger partial charge is 0.260 e. The predicted molar refractivity (Wildman–Crippen MR) is 69.2 cm³/mol. The van der Waals surface area contributed by atoms with Gasteiger partial charge in [0.1, 0.15) is 5.75 Å². The van der Waals surface area contributed by atoms with Crippen LogP contribution < -0.4 is 10.1 Å². The Hall–Kier alpha value is -1.51. The molecule has 0 bridgehead atoms. The summed E-state index contributed by atoms with van der Waals surface area (Å²) in [7, 11) is 0. The Labute approximate surface area is 103 Å². The number of benzene rings is 1. The van der Waals surface area contributed by atoms with Crippen molar-refractivity contribution in [3.05, 3.63) is 29.8 Å². The summed E-state index contributed by atoms with van der Waals surface area (Å²) in [4.78, 5) is 11.7. The Kier molecular flexibility index (Phi) is 5.53. The van der Waals surface area contributed by atoms with Crippen molar-refractivity contribution in [1.29, 1.82) is 0 Å². The van der Waals surface area contributed by atoms with Crippen LogP contribution in [-0.2, 0) is 4.79 Å². The number of amides is 1. The summed E-state index contributed by atoms with van der Waals surface area (Å²) in [5.74, 6) is 0.674. The number of aryl methyl sites for hydroxylation is 1. The first-order valence-corrected chi connectivity index (χ1v) is 6.14. The molecule has 17 heavy (non-hydrogen) atoms. The van der Waals surface area contributed by atoms with Crippen LogP contribution in [0.25, 0.3) is 0 Å². The van der Waals surface area contributed by atoms with Gasteiger partial charge in [-0.1, -0.05) is 31.0 Å². The molecule has 0 aliphatic rings. The molecule has 1 atom stereocenters. The van der Waals surface area contributed by atoms with Crippen LogP contribution in [0.3, 0.4) is 0 Å². The molecule has 1 unspecified atom stereocenters. The van der Waals surface area contributed by atoms with E-state index in [2.05, 4.69) is 12.2 Å². The molecule has 1 aromatic carbocycles. The van der Waals surface area contributed by atoms with Gasteiger partial charge in [-0.05, 0) is 32.4 Å². The lowest BCUT2D eigenvalue weighted by Crippen LogP contribution is -2.36. The summed E-state index contributed by atoms with van der Waals surface area (Å²) in [5.41, 5.74) is 1.18. The van der Waals surface area contributed by atoms with E-state index in [9.17, 15) is 4.79 Å². The zero-order valence-electron chi connectivity index (χ0n) is 10.8. The molecule has 0 fully saturated rings. The number of nitrogens with one attached hydrogen (secondary N) is 1. The number of hydrogen-bond acceptors (Lipinski definition) is 2. The third-order valence-electron chi connectivity index (χ3n) is 2.53. The van der Waals surface area contributed by atoms with Crippen molar-refractivity contribution in [2.45, 2.75) is 39.7 Å². The second-order valence-electron chi connectivity index (χ2n) is 4.22. The summed E-state index contributed by atoms with van der Waals surface area (Å²) in [6.45, 7) is 6.60. The van der Waals surface area contributed by atoms with Crippen LogP contribution >= 0.6 is 0 Å². The molecule has 1 N–H and O–H groups in total. The molecule has 0 saturated heterocycles. The number of unbranched alkanes of at least 4 members (excludes halogenated alkanes) is 1. The predicted octanol–water partition coefficient (Wildman–Crippen LogP) is 2.68. The van der Waals surface area contributed by atoms with E-state index in [0.29, 0.717) is 0 Å². The van der Waals surface area contributed by atoms with Gasteiger partial charge >= 0.3 is 0 Å². The highest BCUT2D eigenvalue weighted by Crippen LogP contribution is 2.13. The van der Waals surface area contributed by atoms with E-state index in [1.807, 2.05) is 31.2 Å². The molecule has 1 rings (SSSR count). The molecule has 0 aliphatic carbocycles. The fourth-order valence-corrected chi connectivity index (χ4v) is 1.41. The van der Waals surface area contributed by atoms with Crippen LogP contribution in [0, 0.1) is 6.92 Å². The molecular formula is C14H21NO2. The van der Waals surface area contributed by atoms with E-state index in [1.165, 1.54) is 5.56 Å². The second-order valence-corrected chi connectivity index (χ2v) is 4.22. The van der Waals surface area contributed by atoms with E-state index >= 15 is 0 Å². The zero-order valence-corrected chi connectivity index (χ0v) is 10.8. The maximum Gasteiger partial charge on any atom is 0.260 e. The molecule has 1 amide bonds. The van der Waals surface area contributed by atoms with Gasteiger partial charge in [0, 0.05) is 6.54 Å². The lowest BCUT2D eigenvalue weighted by atomic mass is 10.2. The quantitative estimate of drug-likeness (QED) is 0.770. The van der Waals surface area contributed by atoms with Gasteiger partial charge in [0.2, 0.25) is 0 Å². The van der Waals surface area contributed by atoms with Crippen LogP contribution in [0.2, 0.25) is 0 Å². The van der Waals surface area contributed by atoms with Crippen molar-refractivity contribution in [3.8, 4) is 5.75 Å². The van der Waals surface area contributed by atoms with Crippen LogP contribution in [0.1, 0.15) is 32.3 Å². The number of hydrogen-bond donors (Lipinski definition) is 1. The first kappa shape index (κ1) is 13.6. The standard InChI is InChI=1S/C14H21NO2/c1-4-5-10-15-14(16)12(3)17-13-8-6-11(2)7-9-13/h6-9,12H,4-5,10H2,1-3H3,(H,15,16). The normalized spacial score (nSPS) is 11.9. The minimum atomic E-state index is -0.449. The number of carbonyl (C=O) groups is 1. The Bertz CT molecular complexity index is 346. The molecule has 3 heteroatoms. The fraction of sp³-hybridized carbons (Fsp3) is 0.500. The number of rotatable bonds is 6. The molecule has 1 aromatic rings. The average Bonchev–Trinajstić information content (AvgIpc) is 2.32. The van der Waals surface area contributed by atoms with Crippen molar-refractivity contribution in [3.63, 3.8) is 0 Å². The summed E-state index contributed by atoms with van der Waals surface area (Å²) in [5, 5.41) is 2.85. The lowest BCUT2D eigenvalue weighted by Gasteiger charge is -2.14. The molecule has 0 aliphatic heterocycles. The summed E-state index contributed by atoms with van der Waals surface area (Å²) < 4.78 is 5.55. The molecule has 0 heterocycles. The first-order chi connectivity index (χ1) is 8.13. The molecular weight excluding hydrogens is 214 g/mol. The minimum absolute atomic E-state index is 0.0565. The van der Waals surface area contributed by atoms with Crippen LogP contribution in [-0.4, -0.2) is 18.6 Å². The average molecular weight is 235 g/mol. The van der Waals surface area contributed by atoms with Gasteiger partial charge in [0.25, 0.3) is 5.91 Å². The lowest BCUT2D eigenvalue weighted by molar-refractivity contribution is -0.127. The largest absolute Gasteiger partial charge is 0.481 e. The molecule has 3 nitrogen and oxygen atoms in total. The van der Waals surface area contributed by atoms with E-state index < -0.39 is 6.10 Å². The highest BCUT2D eigenvalue weighted by molar-refractivity contribution is 5.80. The Balaban J connectivity index is 2.40. The van der Waals surface area contributed by atoms with E-state index in [1.54, 1.807) is 6.92 Å². The van der Waals surface area contributed by atoms with Gasteiger partial charge in [-0.3, -0.25) is 4.79 Å². The van der Waals surface area contributed by atoms with Crippen molar-refractivity contribution in [2.75, 3.05) is 6.54 Å². The van der Waals surface area contributed by atoms with Crippen molar-refractivity contribution in [1.82, 2.24) is 5.32 Å². The highest BCUT2D eigenvalue weighted by atomic mass is 16.5. The molecule has 0 aromatic heterocycles. The van der Waals surface area contributed by atoms with Gasteiger partial charge in [0.15, 0.2) is 6.10 Å². The van der Waals surface area contributed by atoms with Gasteiger partial charge < -0.3 is 10.1 Å². The van der Waals surface area contributed by atoms with Crippen LogP contribution in [0.15, 0.2) is 24.3 Å². The van der Waals surface area contributed by atoms with Crippen molar-refractivity contribution < 1.29 is 9.53 Å². The number of ether oxygens (including phenoxy) is 1. The molecule has 94 valence electrons. The zero-order chi connectivity index (χ0) is 12.7. The van der Waals surface area contributed by atoms with Gasteiger partial charge in [-0.25, -0.2) is 0 Å². The Morgan fingerprint density at radius 1 is 1.35 bits per heavy atom. The summed E-state index contributed by atoms with van der Waals surface area (Å²) in [6.07, 6.45) is 1.63. The molecule has 0 saturated carbocycles. The van der Waals surface area contributed by atoms with E-state index in [4.69, 9.17) is 4.74 Å². The van der Waals surface area contributed by atoms with Crippen molar-refractivity contribution in [2.24, 2.45) is 0 Å². The highest BCUT2D eigenvalue weighted by Gasteiger charge is 2.13. The van der Waals surface area contributed by atoms with E-state index in [-0.39, 0.29) is 5.91 Å². The fourth-order valence-electron chi connectivity index (χ4n) is 1.41. The Morgan fingerprint density at radius 3 is 2.59 bits per heavy atom. The van der Waals surface area contributed by atoms with Gasteiger partial charge in [-0.15, -0.1) is 0 Å². The monoisotopic (exact) mass is 235 g/mol. The molecule has 0 spiro atoms. The maximum atomic E-state index is 11.7. The summed E-state index contributed by atoms with van der Waals surface area (Å²) in [6, 6.07) is 7.70. The third-order valence-corrected chi connectivity index (χ3v) is 2.53. The molecule has 0 radical (unpaired) electrons. The SMILES string of the molecule is CCCCNC(=O)C(C)Oc1ccc(C)cc1. The maximum absolute atomic E-state index is 11.7. The van der Waals surface area contributed by atoms with Crippen LogP contribution in [0.5, 0.6) is 5.75 Å². The minimum Gasteiger partial charge on any atom is -0.481 e. The number of carbonyl (C=O) groups excluding carboxylic acids is 1. The van der Waals surface area contributed by atoms with E-state index in [0.717, 1.165) is 25.1 Å². The third kappa shape index (κ3) is 4.89.